The van der Waals surface area contributed by atoms with Crippen LogP contribution in [0.5, 0.6) is 5.88 Å². The molecule has 1 aliphatic heterocycles. The van der Waals surface area contributed by atoms with Gasteiger partial charge in [0.15, 0.2) is 0 Å². The Morgan fingerprint density at radius 1 is 1.12 bits per heavy atom. The van der Waals surface area contributed by atoms with Gasteiger partial charge in [-0.1, -0.05) is 17.7 Å². The molecular weight excluding hydrogens is 322 g/mol. The lowest BCUT2D eigenvalue weighted by Gasteiger charge is -2.17. The summed E-state index contributed by atoms with van der Waals surface area (Å²) in [6, 6.07) is 4.51. The summed E-state index contributed by atoms with van der Waals surface area (Å²) in [5.41, 5.74) is 1.75. The van der Waals surface area contributed by atoms with Crippen molar-refractivity contribution in [3.8, 4) is 5.88 Å². The third-order valence-electron chi connectivity index (χ3n) is 4.49. The molecule has 1 aliphatic carbocycles. The number of pyridine rings is 1. The van der Waals surface area contributed by atoms with Gasteiger partial charge in [-0.2, -0.15) is 0 Å². The Kier molecular flexibility index (Phi) is 5.11. The maximum Gasteiger partial charge on any atom is 0.334 e. The van der Waals surface area contributed by atoms with Crippen LogP contribution in [0.2, 0.25) is 0 Å². The Labute approximate surface area is 146 Å². The van der Waals surface area contributed by atoms with Gasteiger partial charge in [-0.05, 0) is 38.2 Å². The maximum absolute atomic E-state index is 12.5. The minimum Gasteiger partial charge on any atom is -0.481 e. The Balaban J connectivity index is 1.67. The van der Waals surface area contributed by atoms with E-state index in [0.717, 1.165) is 29.1 Å². The quantitative estimate of drug-likeness (QED) is 0.450. The van der Waals surface area contributed by atoms with E-state index in [-0.39, 0.29) is 13.1 Å². The largest absolute Gasteiger partial charge is 0.481 e. The number of hydrogen-bond acceptors (Lipinski definition) is 5. The highest BCUT2D eigenvalue weighted by Gasteiger charge is 2.44. The zero-order valence-electron chi connectivity index (χ0n) is 14.2. The fourth-order valence-corrected chi connectivity index (χ4v) is 3.10. The zero-order valence-corrected chi connectivity index (χ0v) is 14.2. The van der Waals surface area contributed by atoms with Crippen molar-refractivity contribution in [2.24, 2.45) is 0 Å². The van der Waals surface area contributed by atoms with Gasteiger partial charge in [0.1, 0.15) is 0 Å². The summed E-state index contributed by atoms with van der Waals surface area (Å²) in [5, 5.41) is 0. The van der Waals surface area contributed by atoms with Crippen molar-refractivity contribution >= 4 is 17.8 Å². The molecule has 25 heavy (non-hydrogen) atoms. The number of ether oxygens (including phenoxy) is 1. The molecule has 1 fully saturated rings. The van der Waals surface area contributed by atoms with E-state index in [1.54, 1.807) is 18.2 Å². The lowest BCUT2D eigenvalue weighted by Crippen LogP contribution is -2.34. The van der Waals surface area contributed by atoms with Gasteiger partial charge in [0.2, 0.25) is 5.88 Å². The van der Waals surface area contributed by atoms with Crippen LogP contribution in [0.1, 0.15) is 37.8 Å². The van der Waals surface area contributed by atoms with Crippen LogP contribution < -0.4 is 4.74 Å². The normalized spacial score (nSPS) is 18.0. The molecule has 0 spiro atoms. The van der Waals surface area contributed by atoms with E-state index in [1.165, 1.54) is 19.1 Å². The first kappa shape index (κ1) is 17.1. The maximum atomic E-state index is 12.5. The van der Waals surface area contributed by atoms with Crippen LogP contribution in [0.3, 0.4) is 0 Å². The number of hydrogen-bond donors (Lipinski definition) is 0. The van der Waals surface area contributed by atoms with Crippen LogP contribution in [0.4, 0.5) is 4.79 Å². The fourth-order valence-electron chi connectivity index (χ4n) is 3.10. The number of carbonyl (C=O) groups excluding carboxylic acids is 3. The molecule has 2 heterocycles. The summed E-state index contributed by atoms with van der Waals surface area (Å²) < 4.78 is 5.04. The monoisotopic (exact) mass is 343 g/mol. The lowest BCUT2D eigenvalue weighted by atomic mass is 9.97. The predicted molar refractivity (Wildman–Crippen MR) is 89.6 cm³/mol. The average molecular weight is 343 g/mol. The smallest absolute Gasteiger partial charge is 0.334 e. The highest BCUT2D eigenvalue weighted by atomic mass is 16.5. The zero-order chi connectivity index (χ0) is 17.8. The van der Waals surface area contributed by atoms with Crippen molar-refractivity contribution in [2.75, 3.05) is 13.7 Å². The molecule has 7 nitrogen and oxygen atoms in total. The van der Waals surface area contributed by atoms with Gasteiger partial charge >= 0.3 is 17.8 Å². The van der Waals surface area contributed by atoms with Crippen molar-refractivity contribution in [3.05, 3.63) is 35.5 Å². The van der Waals surface area contributed by atoms with E-state index in [9.17, 15) is 14.4 Å². The third-order valence-corrected chi connectivity index (χ3v) is 4.49. The molecule has 0 bridgehead atoms. The van der Waals surface area contributed by atoms with Gasteiger partial charge in [0.05, 0.1) is 19.3 Å². The van der Waals surface area contributed by atoms with Gasteiger partial charge in [0.25, 0.3) is 0 Å². The Hall–Kier alpha value is -2.70. The molecule has 1 aromatic heterocycles. The summed E-state index contributed by atoms with van der Waals surface area (Å²) in [6.07, 6.45) is 7.18. The van der Waals surface area contributed by atoms with Gasteiger partial charge in [-0.15, -0.1) is 0 Å². The molecule has 0 atom stereocenters. The SMILES string of the molecule is COc1cccc(CN2C(=O)C(=O)N(CCC3=CCCCC3)C2=O)n1. The number of methoxy groups -OCH3 is 1. The van der Waals surface area contributed by atoms with E-state index >= 15 is 0 Å². The highest BCUT2D eigenvalue weighted by Crippen LogP contribution is 2.22. The molecule has 1 saturated heterocycles. The highest BCUT2D eigenvalue weighted by molar-refractivity contribution is 6.44. The summed E-state index contributed by atoms with van der Waals surface area (Å²) >= 11 is 0. The number of nitrogens with zero attached hydrogens (tertiary/aromatic N) is 3. The van der Waals surface area contributed by atoms with E-state index in [0.29, 0.717) is 18.0 Å². The third kappa shape index (κ3) is 3.70. The molecule has 0 unspecified atom stereocenters. The van der Waals surface area contributed by atoms with Crippen molar-refractivity contribution in [2.45, 2.75) is 38.6 Å². The second-order valence-corrected chi connectivity index (χ2v) is 6.16. The van der Waals surface area contributed by atoms with Crippen LogP contribution >= 0.6 is 0 Å². The van der Waals surface area contributed by atoms with Crippen LogP contribution in [-0.2, 0) is 16.1 Å². The van der Waals surface area contributed by atoms with E-state index in [2.05, 4.69) is 11.1 Å². The topological polar surface area (TPSA) is 79.8 Å². The Bertz CT molecular complexity index is 729. The van der Waals surface area contributed by atoms with Crippen LogP contribution in [-0.4, -0.2) is 46.3 Å². The van der Waals surface area contributed by atoms with Gasteiger partial charge in [-0.3, -0.25) is 14.5 Å². The number of carbonyl (C=O) groups is 3. The van der Waals surface area contributed by atoms with Crippen LogP contribution in [0.15, 0.2) is 29.8 Å². The Morgan fingerprint density at radius 2 is 1.92 bits per heavy atom. The molecular formula is C18H21N3O4. The second kappa shape index (κ2) is 7.46. The van der Waals surface area contributed by atoms with Crippen molar-refractivity contribution in [1.29, 1.82) is 0 Å². The minimum absolute atomic E-state index is 0.0419. The molecule has 0 N–H and O–H groups in total. The molecule has 4 amide bonds. The molecule has 0 saturated carbocycles. The summed E-state index contributed by atoms with van der Waals surface area (Å²) in [6.45, 7) is 0.205. The van der Waals surface area contributed by atoms with E-state index in [1.807, 2.05) is 0 Å². The van der Waals surface area contributed by atoms with Crippen molar-refractivity contribution in [1.82, 2.24) is 14.8 Å². The standard InChI is InChI=1S/C18H21N3O4/c1-25-15-9-5-8-14(19-15)12-21-17(23)16(22)20(18(21)24)11-10-13-6-3-2-4-7-13/h5-6,8-9H,2-4,7,10-12H2,1H3. The first-order chi connectivity index (χ1) is 12.1. The number of allylic oxidation sites excluding steroid dienone is 1. The number of amides is 4. The summed E-state index contributed by atoms with van der Waals surface area (Å²) in [7, 11) is 1.49. The molecule has 1 aromatic rings. The predicted octanol–water partition coefficient (Wildman–Crippen LogP) is 2.27. The van der Waals surface area contributed by atoms with Crippen molar-refractivity contribution in [3.63, 3.8) is 0 Å². The first-order valence-corrected chi connectivity index (χ1v) is 8.45. The summed E-state index contributed by atoms with van der Waals surface area (Å²) in [5.74, 6) is -1.17. The summed E-state index contributed by atoms with van der Waals surface area (Å²) in [4.78, 5) is 43.0. The van der Waals surface area contributed by atoms with Gasteiger partial charge in [0, 0.05) is 12.6 Å². The van der Waals surface area contributed by atoms with Crippen LogP contribution in [0.25, 0.3) is 0 Å². The number of aromatic nitrogens is 1. The molecule has 2 aliphatic rings. The molecule has 3 rings (SSSR count). The average Bonchev–Trinajstić information content (AvgIpc) is 2.84. The molecule has 0 radical (unpaired) electrons. The lowest BCUT2D eigenvalue weighted by molar-refractivity contribution is -0.143. The minimum atomic E-state index is -0.799. The Morgan fingerprint density at radius 3 is 2.64 bits per heavy atom. The molecule has 0 aromatic carbocycles. The van der Waals surface area contributed by atoms with Crippen molar-refractivity contribution < 1.29 is 19.1 Å². The van der Waals surface area contributed by atoms with Crippen LogP contribution in [0, 0.1) is 0 Å². The van der Waals surface area contributed by atoms with Gasteiger partial charge < -0.3 is 4.74 Å². The number of rotatable bonds is 6. The molecule has 132 valence electrons. The fraction of sp³-hybridized carbons (Fsp3) is 0.444. The van der Waals surface area contributed by atoms with E-state index in [4.69, 9.17) is 4.74 Å². The number of urea groups is 1. The van der Waals surface area contributed by atoms with Gasteiger partial charge in [-0.25, -0.2) is 14.7 Å². The first-order valence-electron chi connectivity index (χ1n) is 8.45. The van der Waals surface area contributed by atoms with E-state index < -0.39 is 17.8 Å². The molecule has 7 heteroatoms. The number of imide groups is 2. The second-order valence-electron chi connectivity index (χ2n) is 6.16.